The summed E-state index contributed by atoms with van der Waals surface area (Å²) in [6, 6.07) is 0.682. The minimum absolute atomic E-state index is 0. The Morgan fingerprint density at radius 3 is 0.931 bits per heavy atom. The number of rotatable bonds is 4. The van der Waals surface area contributed by atoms with E-state index in [4.69, 9.17) is 62.7 Å². The second kappa shape index (κ2) is 11.6. The van der Waals surface area contributed by atoms with E-state index < -0.39 is 0 Å². The van der Waals surface area contributed by atoms with Crippen LogP contribution in [0, 0.1) is 4.77 Å². The molecule has 0 unspecified atom stereocenters. The maximum atomic E-state index is 11.9. The third-order valence-corrected chi connectivity index (χ3v) is 6.34. The molecule has 29 heavy (non-hydrogen) atoms. The van der Waals surface area contributed by atoms with Crippen molar-refractivity contribution >= 4 is 62.7 Å². The summed E-state index contributed by atoms with van der Waals surface area (Å²) in [5, 5.41) is 2.34. The minimum atomic E-state index is -0.0926. The van der Waals surface area contributed by atoms with Crippen LogP contribution in [0.4, 0.5) is 0 Å². The molecule has 2 aromatic rings. The largest absolute Gasteiger partial charge is 4.00 e. The maximum absolute atomic E-state index is 11.9. The van der Waals surface area contributed by atoms with Crippen LogP contribution in [-0.4, -0.2) is 18.3 Å². The van der Waals surface area contributed by atoms with Crippen molar-refractivity contribution in [1.29, 1.82) is 0 Å². The molecule has 2 rings (SSSR count). The first kappa shape index (κ1) is 29.0. The topological polar surface area (TPSA) is 36.8 Å². The third-order valence-electron chi connectivity index (χ3n) is 4.13. The number of nitrogens with zero attached hydrogens (tertiary/aromatic N) is 4. The van der Waals surface area contributed by atoms with Crippen molar-refractivity contribution in [3.05, 3.63) is 15.3 Å². The molecule has 166 valence electrons. The Balaban J connectivity index is 0.000000523. The van der Waals surface area contributed by atoms with Gasteiger partial charge in [-0.05, 0) is 67.6 Å². The number of hydrogen-bond acceptors (Lipinski definition) is 6. The Hall–Kier alpha value is 0.00831. The van der Waals surface area contributed by atoms with Gasteiger partial charge in [0.1, 0.15) is 0 Å². The summed E-state index contributed by atoms with van der Waals surface area (Å²) in [5.41, 5.74) is -0.0926. The van der Waals surface area contributed by atoms with Gasteiger partial charge in [0.05, 0.1) is 0 Å². The van der Waals surface area contributed by atoms with Crippen LogP contribution in [0.5, 0.6) is 0 Å². The van der Waals surface area contributed by atoms with E-state index in [0.717, 1.165) is 4.77 Å². The van der Waals surface area contributed by atoms with Gasteiger partial charge in [0.15, 0.2) is 4.77 Å². The predicted molar refractivity (Wildman–Crippen MR) is 126 cm³/mol. The van der Waals surface area contributed by atoms with E-state index in [-0.39, 0.29) is 50.9 Å². The quantitative estimate of drug-likeness (QED) is 0.349. The van der Waals surface area contributed by atoms with Crippen molar-refractivity contribution in [3.8, 4) is 0 Å². The van der Waals surface area contributed by atoms with Gasteiger partial charge in [-0.3, -0.25) is 0 Å². The molecule has 0 saturated carbocycles. The zero-order chi connectivity index (χ0) is 22.1. The Bertz CT molecular complexity index is 792. The molecule has 0 atom stereocenters. The molecule has 2 heterocycles. The maximum Gasteiger partial charge on any atom is 4.00 e. The molecule has 0 spiro atoms. The smallest absolute Gasteiger partial charge is 0.762 e. The first-order chi connectivity index (χ1) is 12.7. The molecule has 0 saturated heterocycles. The van der Waals surface area contributed by atoms with Crippen LogP contribution < -0.4 is 5.69 Å². The molecule has 5 nitrogen and oxygen atoms in total. The summed E-state index contributed by atoms with van der Waals surface area (Å²) in [7, 11) is 0. The van der Waals surface area contributed by atoms with Gasteiger partial charge in [-0.15, -0.1) is 20.1 Å². The van der Waals surface area contributed by atoms with Crippen LogP contribution >= 0.6 is 12.2 Å². The van der Waals surface area contributed by atoms with Crippen LogP contribution in [0.3, 0.4) is 0 Å². The monoisotopic (exact) mass is 671 g/mol. The van der Waals surface area contributed by atoms with Crippen LogP contribution in [0.15, 0.2) is 24.9 Å². The van der Waals surface area contributed by atoms with Crippen molar-refractivity contribution in [2.45, 2.75) is 99.7 Å². The van der Waals surface area contributed by atoms with Crippen molar-refractivity contribution in [1.82, 2.24) is 18.3 Å². The summed E-state index contributed by atoms with van der Waals surface area (Å²) in [6.45, 7) is 16.0. The van der Waals surface area contributed by atoms with E-state index >= 15 is 0 Å². The van der Waals surface area contributed by atoms with Crippen LogP contribution in [0.25, 0.3) is 0 Å². The van der Waals surface area contributed by atoms with E-state index in [0.29, 0.717) is 20.1 Å². The van der Waals surface area contributed by atoms with E-state index in [9.17, 15) is 4.79 Å². The van der Waals surface area contributed by atoms with Crippen molar-refractivity contribution in [3.63, 3.8) is 0 Å². The first-order valence-corrected chi connectivity index (χ1v) is 11.2. The second-order valence-electron chi connectivity index (χ2n) is 7.64. The van der Waals surface area contributed by atoms with E-state index in [1.807, 2.05) is 36.8 Å². The van der Waals surface area contributed by atoms with Crippen LogP contribution in [-0.2, 0) is 71.6 Å². The van der Waals surface area contributed by atoms with Crippen LogP contribution in [0.2, 0.25) is 0 Å². The molecule has 0 bridgehead atoms. The van der Waals surface area contributed by atoms with Crippen molar-refractivity contribution in [2.24, 2.45) is 0 Å². The molecular formula is C18H28N4OPtS5. The normalized spacial score (nSPS) is 11.2. The Morgan fingerprint density at radius 1 is 0.586 bits per heavy atom. The summed E-state index contributed by atoms with van der Waals surface area (Å²) >= 11 is 26.2. The van der Waals surface area contributed by atoms with Gasteiger partial charge < -0.3 is 68.8 Å². The van der Waals surface area contributed by atoms with Gasteiger partial charge in [0.2, 0.25) is 0 Å². The fourth-order valence-electron chi connectivity index (χ4n) is 2.81. The first-order valence-electron chi connectivity index (χ1n) is 9.17. The van der Waals surface area contributed by atoms with Gasteiger partial charge >= 0.3 is 26.8 Å². The molecule has 11 heteroatoms. The summed E-state index contributed by atoms with van der Waals surface area (Å²) < 4.78 is 7.75. The van der Waals surface area contributed by atoms with Crippen molar-refractivity contribution < 1.29 is 21.1 Å². The Kier molecular flexibility index (Phi) is 11.6. The third kappa shape index (κ3) is 6.04. The fraction of sp³-hybridized carbons (Fsp3) is 0.667. The molecule has 0 fully saturated rings. The van der Waals surface area contributed by atoms with E-state index in [1.54, 1.807) is 9.13 Å². The van der Waals surface area contributed by atoms with Gasteiger partial charge in [-0.1, -0.05) is 0 Å². The number of imidazole rings is 2. The zero-order valence-electron chi connectivity index (χ0n) is 17.9. The number of aromatic nitrogens is 4. The molecule has 0 radical (unpaired) electrons. The zero-order valence-corrected chi connectivity index (χ0v) is 24.2. The Morgan fingerprint density at radius 2 is 0.793 bits per heavy atom. The summed E-state index contributed by atoms with van der Waals surface area (Å²) in [5.74, 6) is 0. The van der Waals surface area contributed by atoms with Gasteiger partial charge in [-0.2, -0.15) is 0 Å². The molecular weight excluding hydrogens is 644 g/mol. The van der Waals surface area contributed by atoms with Gasteiger partial charge in [0, 0.05) is 24.2 Å². The number of hydrogen-bond donors (Lipinski definition) is 0. The summed E-state index contributed by atoms with van der Waals surface area (Å²) in [4.78, 5) is 11.9. The second-order valence-corrected chi connectivity index (χ2v) is 9.55. The summed E-state index contributed by atoms with van der Waals surface area (Å²) in [6.07, 6.45) is 0. The van der Waals surface area contributed by atoms with E-state index in [2.05, 4.69) is 27.7 Å². The average molecular weight is 672 g/mol. The molecule has 0 N–H and O–H groups in total. The fourth-order valence-corrected chi connectivity index (χ4v) is 5.10. The van der Waals surface area contributed by atoms with E-state index in [1.165, 1.54) is 0 Å². The molecule has 2 aromatic heterocycles. The van der Waals surface area contributed by atoms with Crippen LogP contribution in [0.1, 0.15) is 79.6 Å². The molecule has 0 aliphatic rings. The van der Waals surface area contributed by atoms with Crippen molar-refractivity contribution in [2.75, 3.05) is 0 Å². The molecule has 0 aliphatic heterocycles. The molecule has 0 amide bonds. The molecule has 0 aromatic carbocycles. The minimum Gasteiger partial charge on any atom is -0.762 e. The van der Waals surface area contributed by atoms with Gasteiger partial charge in [-0.25, -0.2) is 4.79 Å². The average Bonchev–Trinajstić information content (AvgIpc) is 2.90. The Labute approximate surface area is 215 Å². The SMILES string of the molecule is CC(C)n1c([S-])c([S-])n(C(C)C)c1=O.CC(C)n1c([S-])c([S-])n(C(C)C)c1=S.[Pt+4]. The molecule has 0 aliphatic carbocycles. The standard InChI is InChI=1S/C9H16N2OS2.C9H16N2S3.Pt/c1-5(2)10-7(13)8(14)11(6(3)4)9(10)12;1-5(2)10-7(12)8(13)11(6(3)4)9(10)14;/h5-6,13-14H,1-4H3;5-6,12-13H,1-4H3;/q;;+4/p-4. The van der Waals surface area contributed by atoms with Gasteiger partial charge in [0.25, 0.3) is 0 Å². The predicted octanol–water partition coefficient (Wildman–Crippen LogP) is 4.61.